The van der Waals surface area contributed by atoms with Crippen LogP contribution in [-0.4, -0.2) is 60.1 Å². The Hall–Kier alpha value is -2.17. The van der Waals surface area contributed by atoms with Crippen molar-refractivity contribution in [2.24, 2.45) is 0 Å². The number of anilines is 1. The van der Waals surface area contributed by atoms with Gasteiger partial charge in [0.1, 0.15) is 11.4 Å². The number of piperazine rings is 1. The van der Waals surface area contributed by atoms with Gasteiger partial charge in [-0.1, -0.05) is 0 Å². The van der Waals surface area contributed by atoms with Crippen LogP contribution in [0, 0.1) is 0 Å². The van der Waals surface area contributed by atoms with Gasteiger partial charge < -0.3 is 24.6 Å². The van der Waals surface area contributed by atoms with Crippen molar-refractivity contribution >= 4 is 33.7 Å². The van der Waals surface area contributed by atoms with Crippen molar-refractivity contribution in [3.8, 4) is 5.75 Å². The average molecular weight is 468 g/mol. The van der Waals surface area contributed by atoms with Crippen LogP contribution in [0.15, 0.2) is 22.7 Å². The van der Waals surface area contributed by atoms with Crippen molar-refractivity contribution in [2.75, 3.05) is 31.5 Å². The van der Waals surface area contributed by atoms with E-state index in [-0.39, 0.29) is 4.47 Å². The fourth-order valence-corrected chi connectivity index (χ4v) is 2.86. The molecule has 3 amide bonds. The van der Waals surface area contributed by atoms with Crippen LogP contribution in [-0.2, 0) is 4.74 Å². The Labute approximate surface area is 168 Å². The molecule has 1 aromatic carbocycles. The molecule has 156 valence electrons. The Kier molecular flexibility index (Phi) is 6.68. The molecule has 2 rings (SSSR count). The van der Waals surface area contributed by atoms with E-state index in [1.807, 2.05) is 0 Å². The van der Waals surface area contributed by atoms with E-state index in [2.05, 4.69) is 26.0 Å². The molecule has 7 nitrogen and oxygen atoms in total. The number of carbonyl (C=O) groups excluding carboxylic acids is 2. The second-order valence-corrected chi connectivity index (χ2v) is 7.93. The van der Waals surface area contributed by atoms with E-state index in [0.29, 0.717) is 31.9 Å². The van der Waals surface area contributed by atoms with Crippen LogP contribution >= 0.6 is 15.9 Å². The zero-order chi connectivity index (χ0) is 21.1. The van der Waals surface area contributed by atoms with Crippen molar-refractivity contribution in [1.82, 2.24) is 9.80 Å². The maximum Gasteiger partial charge on any atom is 0.573 e. The number of carbonyl (C=O) groups is 2. The number of rotatable bonds is 2. The van der Waals surface area contributed by atoms with Crippen molar-refractivity contribution in [3.63, 3.8) is 0 Å². The third kappa shape index (κ3) is 6.77. The number of amides is 3. The summed E-state index contributed by atoms with van der Waals surface area (Å²) in [6.45, 7) is 6.58. The zero-order valence-corrected chi connectivity index (χ0v) is 17.2. The Morgan fingerprint density at radius 1 is 1.07 bits per heavy atom. The van der Waals surface area contributed by atoms with Gasteiger partial charge in [0.15, 0.2) is 0 Å². The summed E-state index contributed by atoms with van der Waals surface area (Å²) in [6.07, 6.45) is -5.23. The van der Waals surface area contributed by atoms with Crippen LogP contribution < -0.4 is 10.1 Å². The van der Waals surface area contributed by atoms with Crippen LogP contribution in [0.3, 0.4) is 0 Å². The highest BCUT2D eigenvalue weighted by Gasteiger charge is 2.31. The number of hydrogen-bond acceptors (Lipinski definition) is 4. The van der Waals surface area contributed by atoms with Gasteiger partial charge in [-0.3, -0.25) is 0 Å². The Bertz CT molecular complexity index is 729. The third-order valence-corrected chi connectivity index (χ3v) is 4.29. The normalized spacial score (nSPS) is 15.2. The van der Waals surface area contributed by atoms with E-state index in [4.69, 9.17) is 4.74 Å². The number of nitrogens with one attached hydrogen (secondary N) is 1. The minimum atomic E-state index is -4.79. The first-order valence-corrected chi connectivity index (χ1v) is 9.22. The van der Waals surface area contributed by atoms with Gasteiger partial charge in [-0.05, 0) is 54.9 Å². The lowest BCUT2D eigenvalue weighted by Gasteiger charge is -2.35. The second-order valence-electron chi connectivity index (χ2n) is 7.07. The smallest absolute Gasteiger partial charge is 0.444 e. The van der Waals surface area contributed by atoms with Crippen LogP contribution in [0.2, 0.25) is 0 Å². The average Bonchev–Trinajstić information content (AvgIpc) is 2.54. The van der Waals surface area contributed by atoms with E-state index < -0.39 is 29.8 Å². The first-order valence-electron chi connectivity index (χ1n) is 8.43. The molecule has 0 aromatic heterocycles. The molecule has 1 N–H and O–H groups in total. The first kappa shape index (κ1) is 22.1. The molecule has 28 heavy (non-hydrogen) atoms. The highest BCUT2D eigenvalue weighted by molar-refractivity contribution is 9.10. The quantitative estimate of drug-likeness (QED) is 0.698. The molecule has 0 unspecified atom stereocenters. The lowest BCUT2D eigenvalue weighted by atomic mass is 10.2. The first-order chi connectivity index (χ1) is 12.8. The highest BCUT2D eigenvalue weighted by Crippen LogP contribution is 2.30. The molecule has 1 fully saturated rings. The highest BCUT2D eigenvalue weighted by atomic mass is 79.9. The Balaban J connectivity index is 1.90. The minimum absolute atomic E-state index is 0.245. The molecule has 0 spiro atoms. The molecule has 11 heteroatoms. The molecule has 1 saturated heterocycles. The van der Waals surface area contributed by atoms with E-state index in [0.717, 1.165) is 12.1 Å². The summed E-state index contributed by atoms with van der Waals surface area (Å²) in [7, 11) is 0. The molecule has 1 heterocycles. The number of nitrogens with zero attached hydrogens (tertiary/aromatic N) is 2. The Morgan fingerprint density at radius 2 is 1.64 bits per heavy atom. The summed E-state index contributed by atoms with van der Waals surface area (Å²) in [4.78, 5) is 27.5. The summed E-state index contributed by atoms with van der Waals surface area (Å²) in [5, 5.41) is 2.62. The molecule has 0 atom stereocenters. The maximum atomic E-state index is 12.4. The molecule has 1 aliphatic rings. The van der Waals surface area contributed by atoms with Gasteiger partial charge in [-0.25, -0.2) is 9.59 Å². The predicted molar refractivity (Wildman–Crippen MR) is 99.2 cm³/mol. The van der Waals surface area contributed by atoms with E-state index >= 15 is 0 Å². The van der Waals surface area contributed by atoms with Gasteiger partial charge in [0.25, 0.3) is 0 Å². The van der Waals surface area contributed by atoms with Gasteiger partial charge in [0.2, 0.25) is 0 Å². The molecule has 1 aromatic rings. The summed E-state index contributed by atoms with van der Waals surface area (Å²) in [5.41, 5.74) is -0.297. The van der Waals surface area contributed by atoms with Gasteiger partial charge in [0.05, 0.1) is 5.69 Å². The van der Waals surface area contributed by atoms with Crippen molar-refractivity contribution in [3.05, 3.63) is 22.7 Å². The Morgan fingerprint density at radius 3 is 2.14 bits per heavy atom. The summed E-state index contributed by atoms with van der Waals surface area (Å²) >= 11 is 3.11. The molecule has 0 bridgehead atoms. The number of alkyl halides is 3. The van der Waals surface area contributed by atoms with Crippen LogP contribution in [0.25, 0.3) is 0 Å². The largest absolute Gasteiger partial charge is 0.573 e. The zero-order valence-electron chi connectivity index (χ0n) is 15.6. The fraction of sp³-hybridized carbons (Fsp3) is 0.529. The molecule has 0 aliphatic carbocycles. The van der Waals surface area contributed by atoms with Crippen LogP contribution in [0.4, 0.5) is 28.4 Å². The molecular formula is C17H21BrF3N3O4. The molecule has 1 aliphatic heterocycles. The van der Waals surface area contributed by atoms with Crippen LogP contribution in [0.1, 0.15) is 20.8 Å². The van der Waals surface area contributed by atoms with Crippen LogP contribution in [0.5, 0.6) is 5.75 Å². The molecule has 0 saturated carbocycles. The monoisotopic (exact) mass is 467 g/mol. The minimum Gasteiger partial charge on any atom is -0.444 e. The van der Waals surface area contributed by atoms with Crippen molar-refractivity contribution in [1.29, 1.82) is 0 Å². The number of ether oxygens (including phenoxy) is 2. The topological polar surface area (TPSA) is 71.1 Å². The fourth-order valence-electron chi connectivity index (χ4n) is 2.41. The molecular weight excluding hydrogens is 447 g/mol. The third-order valence-electron chi connectivity index (χ3n) is 3.63. The van der Waals surface area contributed by atoms with Gasteiger partial charge in [-0.15, -0.1) is 13.2 Å². The molecule has 0 radical (unpaired) electrons. The maximum absolute atomic E-state index is 12.4. The van der Waals surface area contributed by atoms with E-state index in [1.165, 1.54) is 15.9 Å². The van der Waals surface area contributed by atoms with Crippen molar-refractivity contribution < 1.29 is 32.2 Å². The lowest BCUT2D eigenvalue weighted by molar-refractivity contribution is -0.274. The number of halogens is 4. The number of hydrogen-bond donors (Lipinski definition) is 1. The standard InChI is InChI=1S/C17H21BrF3N3O4/c1-16(2,3)28-15(26)24-8-6-23(7-9-24)14(25)22-13-5-4-11(10-12(13)18)27-17(19,20)21/h4-5,10H,6-9H2,1-3H3,(H,22,25). The van der Waals surface area contributed by atoms with Gasteiger partial charge in [-0.2, -0.15) is 0 Å². The number of urea groups is 1. The number of benzene rings is 1. The van der Waals surface area contributed by atoms with Gasteiger partial charge in [0, 0.05) is 30.7 Å². The predicted octanol–water partition coefficient (Wildman–Crippen LogP) is 4.43. The SMILES string of the molecule is CC(C)(C)OC(=O)N1CCN(C(=O)Nc2ccc(OC(F)(F)F)cc2Br)CC1. The van der Waals surface area contributed by atoms with E-state index in [9.17, 15) is 22.8 Å². The van der Waals surface area contributed by atoms with E-state index in [1.54, 1.807) is 20.8 Å². The summed E-state index contributed by atoms with van der Waals surface area (Å²) in [6, 6.07) is 3.10. The summed E-state index contributed by atoms with van der Waals surface area (Å²) < 4.78 is 46.1. The van der Waals surface area contributed by atoms with Gasteiger partial charge >= 0.3 is 18.5 Å². The lowest BCUT2D eigenvalue weighted by Crippen LogP contribution is -2.52. The second kappa shape index (κ2) is 8.46. The summed E-state index contributed by atoms with van der Waals surface area (Å²) in [5.74, 6) is -0.400. The van der Waals surface area contributed by atoms with Crippen molar-refractivity contribution in [2.45, 2.75) is 32.7 Å².